The van der Waals surface area contributed by atoms with Crippen molar-refractivity contribution < 1.29 is 23.7 Å². The maximum atomic E-state index is 5.88. The van der Waals surface area contributed by atoms with Gasteiger partial charge >= 0.3 is 0 Å². The monoisotopic (exact) mass is 523 g/mol. The summed E-state index contributed by atoms with van der Waals surface area (Å²) in [4.78, 5) is 4.26. The summed E-state index contributed by atoms with van der Waals surface area (Å²) in [6.45, 7) is 3.72. The van der Waals surface area contributed by atoms with Crippen LogP contribution in [0.1, 0.15) is 24.8 Å². The molecule has 0 atom stereocenters. The number of ether oxygens (including phenoxy) is 5. The first-order valence-corrected chi connectivity index (χ1v) is 9.64. The minimum Gasteiger partial charge on any atom is -0.493 e. The highest BCUT2D eigenvalue weighted by Crippen LogP contribution is 2.38. The van der Waals surface area contributed by atoms with Crippen molar-refractivity contribution in [2.45, 2.75) is 31.9 Å². The molecule has 166 valence electrons. The molecule has 8 nitrogen and oxygen atoms in total. The van der Waals surface area contributed by atoms with Gasteiger partial charge in [0.1, 0.15) is 0 Å². The fraction of sp³-hybridized carbons (Fsp3) is 0.650. The van der Waals surface area contributed by atoms with Gasteiger partial charge in [-0.15, -0.1) is 24.0 Å². The molecule has 1 aromatic rings. The van der Waals surface area contributed by atoms with Crippen LogP contribution in [0.5, 0.6) is 17.2 Å². The van der Waals surface area contributed by atoms with Gasteiger partial charge in [-0.25, -0.2) is 0 Å². The van der Waals surface area contributed by atoms with Gasteiger partial charge < -0.3 is 34.3 Å². The summed E-state index contributed by atoms with van der Waals surface area (Å²) < 4.78 is 27.4. The lowest BCUT2D eigenvalue weighted by molar-refractivity contribution is -0.0320. The molecule has 1 saturated heterocycles. The molecule has 0 unspecified atom stereocenters. The Kier molecular flexibility index (Phi) is 12.8. The maximum Gasteiger partial charge on any atom is 0.203 e. The predicted octanol–water partition coefficient (Wildman–Crippen LogP) is 2.58. The topological polar surface area (TPSA) is 82.6 Å². The van der Waals surface area contributed by atoms with Crippen molar-refractivity contribution >= 4 is 29.9 Å². The molecule has 0 amide bonds. The Morgan fingerprint density at radius 2 is 1.72 bits per heavy atom. The average Bonchev–Trinajstić information content (AvgIpc) is 2.75. The molecule has 1 heterocycles. The Morgan fingerprint density at radius 1 is 1.07 bits per heavy atom. The SMILES string of the molecule is CN=C(NCCCOC1CCOCC1)NCc1cc(OC)c(OC)c(OC)c1.I. The third kappa shape index (κ3) is 8.43. The van der Waals surface area contributed by atoms with Crippen LogP contribution in [0.3, 0.4) is 0 Å². The molecule has 1 aliphatic heterocycles. The van der Waals surface area contributed by atoms with Crippen molar-refractivity contribution in [3.05, 3.63) is 17.7 Å². The molecule has 0 spiro atoms. The molecule has 2 N–H and O–H groups in total. The van der Waals surface area contributed by atoms with Gasteiger partial charge in [0.15, 0.2) is 17.5 Å². The number of rotatable bonds is 10. The number of nitrogens with zero attached hydrogens (tertiary/aromatic N) is 1. The van der Waals surface area contributed by atoms with E-state index in [4.69, 9.17) is 23.7 Å². The van der Waals surface area contributed by atoms with E-state index in [9.17, 15) is 0 Å². The maximum absolute atomic E-state index is 5.88. The molecule has 9 heteroatoms. The number of hydrogen-bond acceptors (Lipinski definition) is 6. The average molecular weight is 523 g/mol. The summed E-state index contributed by atoms with van der Waals surface area (Å²) >= 11 is 0. The Morgan fingerprint density at radius 3 is 2.28 bits per heavy atom. The van der Waals surface area contributed by atoms with Crippen LogP contribution in [0.15, 0.2) is 17.1 Å². The van der Waals surface area contributed by atoms with Gasteiger partial charge in [0.05, 0.1) is 27.4 Å². The number of hydrogen-bond donors (Lipinski definition) is 2. The highest BCUT2D eigenvalue weighted by molar-refractivity contribution is 14.0. The van der Waals surface area contributed by atoms with Crippen LogP contribution in [-0.2, 0) is 16.0 Å². The second-order valence-electron chi connectivity index (χ2n) is 6.42. The predicted molar refractivity (Wildman–Crippen MR) is 124 cm³/mol. The van der Waals surface area contributed by atoms with E-state index in [1.807, 2.05) is 12.1 Å². The number of methoxy groups -OCH3 is 3. The lowest BCUT2D eigenvalue weighted by Crippen LogP contribution is -2.37. The molecule has 0 radical (unpaired) electrons. The standard InChI is InChI=1S/C20H33N3O5.HI/c1-21-20(22-8-5-9-28-16-6-10-27-11-7-16)23-14-15-12-17(24-2)19(26-4)18(13-15)25-3;/h12-13,16H,5-11,14H2,1-4H3,(H2,21,22,23);1H. The molecule has 0 aromatic heterocycles. The van der Waals surface area contributed by atoms with Gasteiger partial charge in [-0.1, -0.05) is 0 Å². The second kappa shape index (κ2) is 14.5. The first-order valence-electron chi connectivity index (χ1n) is 9.64. The van der Waals surface area contributed by atoms with Crippen molar-refractivity contribution in [3.63, 3.8) is 0 Å². The molecule has 1 fully saturated rings. The molecule has 1 aliphatic rings. The van der Waals surface area contributed by atoms with E-state index in [-0.39, 0.29) is 24.0 Å². The molecule has 2 rings (SSSR count). The van der Waals surface area contributed by atoms with Gasteiger partial charge in [-0.3, -0.25) is 4.99 Å². The van der Waals surface area contributed by atoms with E-state index >= 15 is 0 Å². The van der Waals surface area contributed by atoms with Crippen molar-refractivity contribution in [3.8, 4) is 17.2 Å². The second-order valence-corrected chi connectivity index (χ2v) is 6.42. The van der Waals surface area contributed by atoms with E-state index in [0.717, 1.165) is 57.2 Å². The van der Waals surface area contributed by atoms with Gasteiger partial charge in [0, 0.05) is 40.0 Å². The molecular weight excluding hydrogens is 489 g/mol. The van der Waals surface area contributed by atoms with Crippen LogP contribution in [0.4, 0.5) is 0 Å². The third-order valence-electron chi connectivity index (χ3n) is 4.54. The fourth-order valence-electron chi connectivity index (χ4n) is 3.02. The number of aliphatic imine (C=N–C) groups is 1. The first-order chi connectivity index (χ1) is 13.7. The van der Waals surface area contributed by atoms with E-state index in [0.29, 0.717) is 29.9 Å². The third-order valence-corrected chi connectivity index (χ3v) is 4.54. The van der Waals surface area contributed by atoms with Crippen LogP contribution in [0, 0.1) is 0 Å². The van der Waals surface area contributed by atoms with Crippen LogP contribution in [0.25, 0.3) is 0 Å². The minimum absolute atomic E-state index is 0. The Labute approximate surface area is 190 Å². The van der Waals surface area contributed by atoms with Crippen LogP contribution in [0.2, 0.25) is 0 Å². The van der Waals surface area contributed by atoms with Crippen molar-refractivity contribution in [1.82, 2.24) is 10.6 Å². The number of halogens is 1. The summed E-state index contributed by atoms with van der Waals surface area (Å²) in [5.41, 5.74) is 1.00. The zero-order valence-electron chi connectivity index (χ0n) is 17.8. The molecular formula is C20H34IN3O5. The lowest BCUT2D eigenvalue weighted by atomic mass is 10.1. The minimum atomic E-state index is 0. The Balaban J connectivity index is 0.00000420. The quantitative estimate of drug-likeness (QED) is 0.211. The molecule has 0 saturated carbocycles. The van der Waals surface area contributed by atoms with Crippen molar-refractivity contribution in [2.24, 2.45) is 4.99 Å². The number of guanidine groups is 1. The lowest BCUT2D eigenvalue weighted by Gasteiger charge is -2.22. The van der Waals surface area contributed by atoms with E-state index in [2.05, 4.69) is 15.6 Å². The summed E-state index contributed by atoms with van der Waals surface area (Å²) in [6, 6.07) is 3.84. The zero-order chi connectivity index (χ0) is 20.2. The number of nitrogens with one attached hydrogen (secondary N) is 2. The summed E-state index contributed by atoms with van der Waals surface area (Å²) in [5, 5.41) is 6.60. The summed E-state index contributed by atoms with van der Waals surface area (Å²) in [5.74, 6) is 2.58. The molecule has 29 heavy (non-hydrogen) atoms. The fourth-order valence-corrected chi connectivity index (χ4v) is 3.02. The van der Waals surface area contributed by atoms with E-state index < -0.39 is 0 Å². The Bertz CT molecular complexity index is 599. The van der Waals surface area contributed by atoms with E-state index in [1.54, 1.807) is 28.4 Å². The van der Waals surface area contributed by atoms with Gasteiger partial charge in [0.2, 0.25) is 5.75 Å². The first kappa shape index (κ1) is 25.6. The highest BCUT2D eigenvalue weighted by atomic mass is 127. The van der Waals surface area contributed by atoms with Crippen molar-refractivity contribution in [1.29, 1.82) is 0 Å². The zero-order valence-corrected chi connectivity index (χ0v) is 20.1. The Hall–Kier alpha value is -1.46. The van der Waals surface area contributed by atoms with E-state index in [1.165, 1.54) is 0 Å². The number of benzene rings is 1. The van der Waals surface area contributed by atoms with Gasteiger partial charge in [-0.2, -0.15) is 0 Å². The summed E-state index contributed by atoms with van der Waals surface area (Å²) in [7, 11) is 6.56. The smallest absolute Gasteiger partial charge is 0.203 e. The van der Waals surface area contributed by atoms with Crippen LogP contribution >= 0.6 is 24.0 Å². The van der Waals surface area contributed by atoms with Gasteiger partial charge in [-0.05, 0) is 37.0 Å². The van der Waals surface area contributed by atoms with Gasteiger partial charge in [0.25, 0.3) is 0 Å². The molecule has 0 aliphatic carbocycles. The highest BCUT2D eigenvalue weighted by Gasteiger charge is 2.14. The normalized spacial score (nSPS) is 14.7. The largest absolute Gasteiger partial charge is 0.493 e. The van der Waals surface area contributed by atoms with Crippen LogP contribution in [-0.4, -0.2) is 66.8 Å². The summed E-state index contributed by atoms with van der Waals surface area (Å²) in [6.07, 6.45) is 3.24. The van der Waals surface area contributed by atoms with Crippen LogP contribution < -0.4 is 24.8 Å². The molecule has 1 aromatic carbocycles. The molecule has 0 bridgehead atoms. The van der Waals surface area contributed by atoms with Crippen molar-refractivity contribution in [2.75, 3.05) is 54.7 Å².